The van der Waals surface area contributed by atoms with Crippen molar-refractivity contribution >= 4 is 11.7 Å². The second-order valence-corrected chi connectivity index (χ2v) is 6.74. The maximum atomic E-state index is 12.9. The average Bonchev–Trinajstić information content (AvgIpc) is 3.13. The Morgan fingerprint density at radius 3 is 2.88 bits per heavy atom. The Bertz CT molecular complexity index is 753. The van der Waals surface area contributed by atoms with Crippen molar-refractivity contribution in [2.75, 3.05) is 25.5 Å². The molecule has 2 aliphatic rings. The van der Waals surface area contributed by atoms with E-state index in [0.717, 1.165) is 43.0 Å². The van der Waals surface area contributed by atoms with Crippen molar-refractivity contribution in [2.24, 2.45) is 0 Å². The van der Waals surface area contributed by atoms with Gasteiger partial charge >= 0.3 is 0 Å². The van der Waals surface area contributed by atoms with Crippen LogP contribution in [0.1, 0.15) is 59.6 Å². The molecule has 1 aliphatic carbocycles. The highest BCUT2D eigenvalue weighted by molar-refractivity contribution is 5.92. The predicted octanol–water partition coefficient (Wildman–Crippen LogP) is 2.39. The number of likely N-dealkylation sites (tertiary alicyclic amines) is 1. The molecule has 0 aromatic carbocycles. The van der Waals surface area contributed by atoms with Gasteiger partial charge in [-0.15, -0.1) is 0 Å². The van der Waals surface area contributed by atoms with Gasteiger partial charge < -0.3 is 14.3 Å². The lowest BCUT2D eigenvalue weighted by atomic mass is 10.1. The maximum Gasteiger partial charge on any atom is 0.276 e. The molecule has 4 rings (SSSR count). The molecule has 1 amide bonds. The molecule has 0 unspecified atom stereocenters. The van der Waals surface area contributed by atoms with Crippen molar-refractivity contribution in [1.82, 2.24) is 20.0 Å². The summed E-state index contributed by atoms with van der Waals surface area (Å²) in [6, 6.07) is 1.75. The third-order valence-electron chi connectivity index (χ3n) is 4.68. The summed E-state index contributed by atoms with van der Waals surface area (Å²) in [6.45, 7) is 0.711. The smallest absolute Gasteiger partial charge is 0.276 e. The van der Waals surface area contributed by atoms with Crippen LogP contribution in [-0.4, -0.2) is 46.6 Å². The van der Waals surface area contributed by atoms with E-state index in [-0.39, 0.29) is 11.9 Å². The molecule has 126 valence electrons. The highest BCUT2D eigenvalue weighted by Gasteiger charge is 2.35. The molecule has 24 heavy (non-hydrogen) atoms. The van der Waals surface area contributed by atoms with E-state index >= 15 is 0 Å². The van der Waals surface area contributed by atoms with Crippen molar-refractivity contribution in [3.8, 4) is 0 Å². The minimum absolute atomic E-state index is 0.0500. The number of carbonyl (C=O) groups is 1. The Labute approximate surface area is 140 Å². The highest BCUT2D eigenvalue weighted by atomic mass is 16.5. The fourth-order valence-electron chi connectivity index (χ4n) is 3.16. The van der Waals surface area contributed by atoms with Gasteiger partial charge in [0.05, 0.1) is 24.1 Å². The lowest BCUT2D eigenvalue weighted by Crippen LogP contribution is -2.31. The van der Waals surface area contributed by atoms with Gasteiger partial charge in [0.25, 0.3) is 5.91 Å². The molecule has 2 fully saturated rings. The molecule has 0 spiro atoms. The lowest BCUT2D eigenvalue weighted by molar-refractivity contribution is 0.0722. The molecule has 0 bridgehead atoms. The van der Waals surface area contributed by atoms with Crippen LogP contribution in [0, 0.1) is 0 Å². The molecule has 3 heterocycles. The van der Waals surface area contributed by atoms with Gasteiger partial charge in [0.2, 0.25) is 0 Å². The zero-order chi connectivity index (χ0) is 16.7. The van der Waals surface area contributed by atoms with E-state index in [1.54, 1.807) is 18.5 Å². The first kappa shape index (κ1) is 15.1. The molecule has 0 radical (unpaired) electrons. The first-order valence-electron chi connectivity index (χ1n) is 8.40. The molecular formula is C17H21N5O2. The van der Waals surface area contributed by atoms with Crippen LogP contribution in [0.2, 0.25) is 0 Å². The van der Waals surface area contributed by atoms with Crippen molar-refractivity contribution < 1.29 is 9.32 Å². The molecular weight excluding hydrogens is 306 g/mol. The standard InChI is InChI=1S/C17H21N5O2/c1-21(2)16-10-18-9-13(19-16)14-4-3-7-22(14)17(23)12-8-15(24-20-12)11-5-6-11/h8-11,14H,3-7H2,1-2H3/t14-/m1/s1. The number of amides is 1. The predicted molar refractivity (Wildman–Crippen MR) is 87.8 cm³/mol. The largest absolute Gasteiger partial charge is 0.361 e. The molecule has 0 N–H and O–H groups in total. The second-order valence-electron chi connectivity index (χ2n) is 6.74. The van der Waals surface area contributed by atoms with E-state index in [0.29, 0.717) is 18.2 Å². The second kappa shape index (κ2) is 5.89. The van der Waals surface area contributed by atoms with E-state index in [4.69, 9.17) is 4.52 Å². The van der Waals surface area contributed by atoms with Crippen LogP contribution in [0.3, 0.4) is 0 Å². The van der Waals surface area contributed by atoms with Crippen molar-refractivity contribution in [3.63, 3.8) is 0 Å². The van der Waals surface area contributed by atoms with Crippen LogP contribution < -0.4 is 4.90 Å². The van der Waals surface area contributed by atoms with Gasteiger partial charge in [-0.05, 0) is 25.7 Å². The van der Waals surface area contributed by atoms with Gasteiger partial charge in [-0.1, -0.05) is 5.16 Å². The Morgan fingerprint density at radius 2 is 2.12 bits per heavy atom. The normalized spacial score (nSPS) is 20.4. The van der Waals surface area contributed by atoms with Crippen LogP contribution in [0.4, 0.5) is 5.82 Å². The van der Waals surface area contributed by atoms with E-state index in [9.17, 15) is 4.79 Å². The lowest BCUT2D eigenvalue weighted by Gasteiger charge is -2.24. The summed E-state index contributed by atoms with van der Waals surface area (Å²) in [4.78, 5) is 25.5. The van der Waals surface area contributed by atoms with E-state index < -0.39 is 0 Å². The fraction of sp³-hybridized carbons (Fsp3) is 0.529. The van der Waals surface area contributed by atoms with Crippen LogP contribution in [0.5, 0.6) is 0 Å². The van der Waals surface area contributed by atoms with Gasteiger partial charge in [0.15, 0.2) is 5.69 Å². The van der Waals surface area contributed by atoms with Crippen LogP contribution >= 0.6 is 0 Å². The number of carbonyl (C=O) groups excluding carboxylic acids is 1. The van der Waals surface area contributed by atoms with Crippen LogP contribution in [0.25, 0.3) is 0 Å². The topological polar surface area (TPSA) is 75.4 Å². The monoisotopic (exact) mass is 327 g/mol. The summed E-state index contributed by atoms with van der Waals surface area (Å²) in [6.07, 6.45) is 7.58. The number of anilines is 1. The summed E-state index contributed by atoms with van der Waals surface area (Å²) in [7, 11) is 3.86. The molecule has 1 aliphatic heterocycles. The van der Waals surface area contributed by atoms with Gasteiger partial charge in [0, 0.05) is 32.6 Å². The Morgan fingerprint density at radius 1 is 1.29 bits per heavy atom. The van der Waals surface area contributed by atoms with E-state index in [2.05, 4.69) is 15.1 Å². The summed E-state index contributed by atoms with van der Waals surface area (Å²) in [5.74, 6) is 2.01. The molecule has 7 nitrogen and oxygen atoms in total. The molecule has 2 aromatic rings. The van der Waals surface area contributed by atoms with Crippen molar-refractivity contribution in [2.45, 2.75) is 37.6 Å². The summed E-state index contributed by atoms with van der Waals surface area (Å²) in [5, 5.41) is 3.99. The first-order chi connectivity index (χ1) is 11.6. The molecule has 7 heteroatoms. The Hall–Kier alpha value is -2.44. The van der Waals surface area contributed by atoms with Gasteiger partial charge in [-0.3, -0.25) is 9.78 Å². The van der Waals surface area contributed by atoms with Crippen LogP contribution in [0.15, 0.2) is 23.0 Å². The minimum Gasteiger partial charge on any atom is -0.361 e. The number of rotatable bonds is 4. The molecule has 1 atom stereocenters. The number of nitrogens with zero attached hydrogens (tertiary/aromatic N) is 5. The number of aromatic nitrogens is 3. The number of hydrogen-bond acceptors (Lipinski definition) is 6. The average molecular weight is 327 g/mol. The van der Waals surface area contributed by atoms with Gasteiger partial charge in [0.1, 0.15) is 11.6 Å². The summed E-state index contributed by atoms with van der Waals surface area (Å²) < 4.78 is 5.33. The highest BCUT2D eigenvalue weighted by Crippen LogP contribution is 2.40. The third-order valence-corrected chi connectivity index (χ3v) is 4.68. The fourth-order valence-corrected chi connectivity index (χ4v) is 3.16. The Kier molecular flexibility index (Phi) is 3.70. The third kappa shape index (κ3) is 2.74. The van der Waals surface area contributed by atoms with E-state index in [1.165, 1.54) is 0 Å². The van der Waals surface area contributed by atoms with E-state index in [1.807, 2.05) is 23.9 Å². The van der Waals surface area contributed by atoms with Gasteiger partial charge in [-0.2, -0.15) is 0 Å². The molecule has 1 saturated carbocycles. The summed E-state index contributed by atoms with van der Waals surface area (Å²) in [5.41, 5.74) is 1.23. The SMILES string of the molecule is CN(C)c1cncc([C@H]2CCCN2C(=O)c2cc(C3CC3)on2)n1. The first-order valence-corrected chi connectivity index (χ1v) is 8.40. The maximum absolute atomic E-state index is 12.9. The zero-order valence-electron chi connectivity index (χ0n) is 14.0. The zero-order valence-corrected chi connectivity index (χ0v) is 14.0. The van der Waals surface area contributed by atoms with Crippen LogP contribution in [-0.2, 0) is 0 Å². The Balaban J connectivity index is 1.57. The molecule has 2 aromatic heterocycles. The summed E-state index contributed by atoms with van der Waals surface area (Å²) >= 11 is 0. The molecule has 1 saturated heterocycles. The van der Waals surface area contributed by atoms with Gasteiger partial charge in [-0.25, -0.2) is 4.98 Å². The quantitative estimate of drug-likeness (QED) is 0.858. The van der Waals surface area contributed by atoms with Crippen molar-refractivity contribution in [1.29, 1.82) is 0 Å². The number of hydrogen-bond donors (Lipinski definition) is 0. The minimum atomic E-state index is -0.0785. The van der Waals surface area contributed by atoms with Crippen molar-refractivity contribution in [3.05, 3.63) is 35.6 Å².